The number of rotatable bonds is 3. The summed E-state index contributed by atoms with van der Waals surface area (Å²) in [6, 6.07) is 2.27. The Labute approximate surface area is 92.1 Å². The van der Waals surface area contributed by atoms with Gasteiger partial charge in [0.15, 0.2) is 0 Å². The van der Waals surface area contributed by atoms with Gasteiger partial charge in [-0.1, -0.05) is 13.8 Å². The molecule has 0 fully saturated rings. The minimum absolute atomic E-state index is 0.505. The van der Waals surface area contributed by atoms with E-state index in [0.717, 1.165) is 12.3 Å². The average molecular weight is 207 g/mol. The second-order valence-electron chi connectivity index (χ2n) is 4.84. The van der Waals surface area contributed by atoms with Gasteiger partial charge in [0.1, 0.15) is 11.5 Å². The van der Waals surface area contributed by atoms with Crippen molar-refractivity contribution in [1.29, 1.82) is 0 Å². The molecular formula is C13H21NO. The van der Waals surface area contributed by atoms with Crippen LogP contribution in [0.4, 0.5) is 0 Å². The van der Waals surface area contributed by atoms with Crippen LogP contribution in [0.25, 0.3) is 0 Å². The summed E-state index contributed by atoms with van der Waals surface area (Å²) >= 11 is 0. The molecule has 0 spiro atoms. The number of likely N-dealkylation sites (N-methyl/N-ethyl adjacent to an activating group) is 1. The maximum absolute atomic E-state index is 5.99. The Morgan fingerprint density at radius 3 is 3.00 bits per heavy atom. The number of aryl methyl sites for hydroxylation is 1. The normalized spacial score (nSPS) is 20.7. The van der Waals surface area contributed by atoms with Gasteiger partial charge in [0.2, 0.25) is 0 Å². The van der Waals surface area contributed by atoms with E-state index in [-0.39, 0.29) is 0 Å². The van der Waals surface area contributed by atoms with Crippen LogP contribution < -0.4 is 5.32 Å². The summed E-state index contributed by atoms with van der Waals surface area (Å²) < 4.78 is 5.99. The van der Waals surface area contributed by atoms with Gasteiger partial charge in [0, 0.05) is 18.4 Å². The Kier molecular flexibility index (Phi) is 3.15. The van der Waals surface area contributed by atoms with Crippen LogP contribution in [-0.4, -0.2) is 13.6 Å². The quantitative estimate of drug-likeness (QED) is 0.824. The first kappa shape index (κ1) is 10.7. The summed E-state index contributed by atoms with van der Waals surface area (Å²) in [7, 11) is 2.01. The second kappa shape index (κ2) is 4.40. The highest BCUT2D eigenvalue weighted by molar-refractivity contribution is 5.28. The van der Waals surface area contributed by atoms with Crippen LogP contribution >= 0.6 is 0 Å². The molecule has 1 aliphatic carbocycles. The molecule has 0 saturated heterocycles. The number of hydrogen-bond donors (Lipinski definition) is 1. The third-order valence-corrected chi connectivity index (χ3v) is 3.25. The smallest absolute Gasteiger partial charge is 0.111 e. The molecule has 2 heteroatoms. The van der Waals surface area contributed by atoms with Crippen LogP contribution in [0.15, 0.2) is 10.5 Å². The van der Waals surface area contributed by atoms with Gasteiger partial charge in [-0.15, -0.1) is 0 Å². The molecule has 1 aliphatic rings. The van der Waals surface area contributed by atoms with Crippen LogP contribution in [0.5, 0.6) is 0 Å². The molecule has 1 N–H and O–H groups in total. The first-order chi connectivity index (χ1) is 7.22. The molecule has 0 aliphatic heterocycles. The molecule has 0 radical (unpaired) electrons. The van der Waals surface area contributed by atoms with Gasteiger partial charge in [-0.3, -0.25) is 0 Å². The third-order valence-electron chi connectivity index (χ3n) is 3.25. The van der Waals surface area contributed by atoms with E-state index in [9.17, 15) is 0 Å². The van der Waals surface area contributed by atoms with Crippen molar-refractivity contribution in [3.63, 3.8) is 0 Å². The Bertz CT molecular complexity index is 327. The van der Waals surface area contributed by atoms with E-state index in [0.29, 0.717) is 11.8 Å². The molecule has 0 amide bonds. The van der Waals surface area contributed by atoms with Crippen molar-refractivity contribution in [2.24, 2.45) is 0 Å². The average Bonchev–Trinajstić information content (AvgIpc) is 2.63. The molecule has 0 aromatic carbocycles. The van der Waals surface area contributed by atoms with Crippen LogP contribution in [0.1, 0.15) is 55.6 Å². The van der Waals surface area contributed by atoms with E-state index in [4.69, 9.17) is 4.42 Å². The molecule has 1 unspecified atom stereocenters. The lowest BCUT2D eigenvalue weighted by Gasteiger charge is -2.20. The van der Waals surface area contributed by atoms with Crippen molar-refractivity contribution in [2.45, 2.75) is 44.9 Å². The van der Waals surface area contributed by atoms with E-state index >= 15 is 0 Å². The van der Waals surface area contributed by atoms with Crippen molar-refractivity contribution in [3.8, 4) is 0 Å². The highest BCUT2D eigenvalue weighted by Crippen LogP contribution is 2.35. The zero-order valence-electron chi connectivity index (χ0n) is 9.97. The maximum atomic E-state index is 5.99. The fourth-order valence-electron chi connectivity index (χ4n) is 2.40. The van der Waals surface area contributed by atoms with Gasteiger partial charge in [-0.05, 0) is 37.9 Å². The number of nitrogens with one attached hydrogen (secondary N) is 1. The Hall–Kier alpha value is -0.760. The van der Waals surface area contributed by atoms with Crippen LogP contribution in [0.2, 0.25) is 0 Å². The van der Waals surface area contributed by atoms with E-state index in [1.165, 1.54) is 30.6 Å². The minimum atomic E-state index is 0.505. The van der Waals surface area contributed by atoms with Gasteiger partial charge >= 0.3 is 0 Å². The summed E-state index contributed by atoms with van der Waals surface area (Å²) in [4.78, 5) is 0. The molecule has 15 heavy (non-hydrogen) atoms. The summed E-state index contributed by atoms with van der Waals surface area (Å²) in [5.41, 5.74) is 1.45. The molecule has 1 atom stereocenters. The molecule has 2 rings (SSSR count). The highest BCUT2D eigenvalue weighted by atomic mass is 16.3. The Morgan fingerprint density at radius 2 is 2.33 bits per heavy atom. The molecular weight excluding hydrogens is 186 g/mol. The fraction of sp³-hybridized carbons (Fsp3) is 0.692. The lowest BCUT2D eigenvalue weighted by molar-refractivity contribution is 0.381. The van der Waals surface area contributed by atoms with Crippen molar-refractivity contribution in [3.05, 3.63) is 23.2 Å². The first-order valence-electron chi connectivity index (χ1n) is 5.99. The molecule has 84 valence electrons. The standard InChI is InChI=1S/C13H21NO/c1-9(2)12-7-10-5-4-6-11(8-14-3)13(10)15-12/h7,9,11,14H,4-6,8H2,1-3H3. The Morgan fingerprint density at radius 1 is 1.53 bits per heavy atom. The van der Waals surface area contributed by atoms with Crippen molar-refractivity contribution in [2.75, 3.05) is 13.6 Å². The van der Waals surface area contributed by atoms with Crippen molar-refractivity contribution >= 4 is 0 Å². The fourth-order valence-corrected chi connectivity index (χ4v) is 2.40. The lowest BCUT2D eigenvalue weighted by atomic mass is 9.88. The summed E-state index contributed by atoms with van der Waals surface area (Å²) in [5.74, 6) is 3.50. The second-order valence-corrected chi connectivity index (χ2v) is 4.84. The van der Waals surface area contributed by atoms with Crippen LogP contribution in [0.3, 0.4) is 0 Å². The zero-order valence-corrected chi connectivity index (χ0v) is 9.97. The molecule has 1 aromatic heterocycles. The van der Waals surface area contributed by atoms with E-state index in [1.54, 1.807) is 0 Å². The van der Waals surface area contributed by atoms with Gasteiger partial charge in [-0.2, -0.15) is 0 Å². The predicted octanol–water partition coefficient (Wildman–Crippen LogP) is 3.04. The summed E-state index contributed by atoms with van der Waals surface area (Å²) in [6.07, 6.45) is 3.76. The van der Waals surface area contributed by atoms with E-state index < -0.39 is 0 Å². The van der Waals surface area contributed by atoms with Gasteiger partial charge in [0.25, 0.3) is 0 Å². The van der Waals surface area contributed by atoms with Crippen molar-refractivity contribution in [1.82, 2.24) is 5.32 Å². The van der Waals surface area contributed by atoms with E-state index in [1.807, 2.05) is 7.05 Å². The van der Waals surface area contributed by atoms with Crippen LogP contribution in [-0.2, 0) is 6.42 Å². The van der Waals surface area contributed by atoms with Gasteiger partial charge < -0.3 is 9.73 Å². The molecule has 0 saturated carbocycles. The van der Waals surface area contributed by atoms with E-state index in [2.05, 4.69) is 25.2 Å². The number of fused-ring (bicyclic) bond motifs is 1. The molecule has 0 bridgehead atoms. The van der Waals surface area contributed by atoms with Crippen LogP contribution in [0, 0.1) is 0 Å². The monoisotopic (exact) mass is 207 g/mol. The lowest BCUT2D eigenvalue weighted by Crippen LogP contribution is -2.20. The van der Waals surface area contributed by atoms with Gasteiger partial charge in [0.05, 0.1) is 0 Å². The first-order valence-corrected chi connectivity index (χ1v) is 5.99. The molecule has 1 heterocycles. The summed E-state index contributed by atoms with van der Waals surface area (Å²) in [6.45, 7) is 5.42. The largest absolute Gasteiger partial charge is 0.465 e. The van der Waals surface area contributed by atoms with Gasteiger partial charge in [-0.25, -0.2) is 0 Å². The number of furan rings is 1. The number of hydrogen-bond acceptors (Lipinski definition) is 2. The third kappa shape index (κ3) is 2.10. The SMILES string of the molecule is CNCC1CCCc2cc(C(C)C)oc21. The molecule has 1 aromatic rings. The molecule has 2 nitrogen and oxygen atoms in total. The minimum Gasteiger partial charge on any atom is -0.465 e. The highest BCUT2D eigenvalue weighted by Gasteiger charge is 2.24. The maximum Gasteiger partial charge on any atom is 0.111 e. The Balaban J connectivity index is 2.26. The zero-order chi connectivity index (χ0) is 10.8. The summed E-state index contributed by atoms with van der Waals surface area (Å²) in [5, 5.41) is 3.26. The predicted molar refractivity (Wildman–Crippen MR) is 62.4 cm³/mol. The topological polar surface area (TPSA) is 25.2 Å². The van der Waals surface area contributed by atoms with Crippen molar-refractivity contribution < 1.29 is 4.42 Å².